The van der Waals surface area contributed by atoms with E-state index in [4.69, 9.17) is 14.0 Å². The van der Waals surface area contributed by atoms with Gasteiger partial charge in [-0.25, -0.2) is 4.99 Å². The van der Waals surface area contributed by atoms with Crippen LogP contribution >= 0.6 is 0 Å². The number of rotatable bonds is 10. The molecule has 2 aromatic rings. The molecule has 0 saturated heterocycles. The van der Waals surface area contributed by atoms with Crippen LogP contribution in [0.5, 0.6) is 5.75 Å². The van der Waals surface area contributed by atoms with Crippen molar-refractivity contribution < 1.29 is 14.0 Å². The van der Waals surface area contributed by atoms with Gasteiger partial charge in [0.05, 0.1) is 18.8 Å². The predicted octanol–water partition coefficient (Wildman–Crippen LogP) is 4.28. The lowest BCUT2D eigenvalue weighted by Gasteiger charge is -2.12. The van der Waals surface area contributed by atoms with E-state index in [0.29, 0.717) is 13.2 Å². The molecule has 2 heterocycles. The maximum Gasteiger partial charge on any atom is 0.216 e. The lowest BCUT2D eigenvalue weighted by molar-refractivity contribution is 0.301. The zero-order chi connectivity index (χ0) is 18.2. The Labute approximate surface area is 154 Å². The van der Waals surface area contributed by atoms with Gasteiger partial charge in [0.25, 0.3) is 0 Å². The first kappa shape index (κ1) is 18.2. The number of nitrogens with zero attached hydrogens (tertiary/aromatic N) is 2. The largest absolute Gasteiger partial charge is 0.493 e. The highest BCUT2D eigenvalue weighted by Gasteiger charge is 2.13. The minimum Gasteiger partial charge on any atom is -0.493 e. The fourth-order valence-electron chi connectivity index (χ4n) is 2.97. The van der Waals surface area contributed by atoms with E-state index in [1.165, 1.54) is 0 Å². The molecule has 0 bridgehead atoms. The molecule has 5 heteroatoms. The first-order valence-electron chi connectivity index (χ1n) is 9.22. The van der Waals surface area contributed by atoms with Gasteiger partial charge in [-0.2, -0.15) is 0 Å². The highest BCUT2D eigenvalue weighted by Crippen LogP contribution is 2.23. The van der Waals surface area contributed by atoms with Crippen molar-refractivity contribution in [2.75, 3.05) is 19.8 Å². The lowest BCUT2D eigenvalue weighted by Crippen LogP contribution is -2.05. The molecule has 0 fully saturated rings. The molecule has 3 rings (SSSR count). The maximum absolute atomic E-state index is 6.00. The molecule has 0 atom stereocenters. The van der Waals surface area contributed by atoms with Crippen LogP contribution in [0.1, 0.15) is 41.8 Å². The monoisotopic (exact) mass is 354 g/mol. The summed E-state index contributed by atoms with van der Waals surface area (Å²) in [7, 11) is 0. The van der Waals surface area contributed by atoms with E-state index in [1.54, 1.807) is 0 Å². The van der Waals surface area contributed by atoms with Gasteiger partial charge in [-0.05, 0) is 56.4 Å². The normalized spacial score (nSPS) is 13.3. The molecule has 1 aromatic heterocycles. The van der Waals surface area contributed by atoms with Crippen LogP contribution in [-0.4, -0.2) is 30.8 Å². The molecule has 0 amide bonds. The molecule has 138 valence electrons. The Balaban J connectivity index is 1.46. The predicted molar refractivity (Wildman–Crippen MR) is 102 cm³/mol. The number of hydrogen-bond acceptors (Lipinski definition) is 5. The molecule has 0 aliphatic carbocycles. The summed E-state index contributed by atoms with van der Waals surface area (Å²) >= 11 is 0. The Morgan fingerprint density at radius 1 is 1.23 bits per heavy atom. The molecule has 0 spiro atoms. The van der Waals surface area contributed by atoms with Gasteiger partial charge in [-0.3, -0.25) is 0 Å². The van der Waals surface area contributed by atoms with Crippen LogP contribution in [-0.2, 0) is 17.6 Å². The van der Waals surface area contributed by atoms with Gasteiger partial charge in [0.1, 0.15) is 18.1 Å². The number of unbranched alkanes of at least 4 members (excludes halogenated alkanes) is 2. The molecule has 0 saturated carbocycles. The Morgan fingerprint density at radius 2 is 2.15 bits per heavy atom. The fourth-order valence-corrected chi connectivity index (χ4v) is 2.97. The van der Waals surface area contributed by atoms with Crippen LogP contribution < -0.4 is 4.74 Å². The Kier molecular flexibility index (Phi) is 6.47. The van der Waals surface area contributed by atoms with E-state index in [2.05, 4.69) is 22.8 Å². The van der Waals surface area contributed by atoms with Crippen LogP contribution in [0.2, 0.25) is 0 Å². The third kappa shape index (κ3) is 4.97. The van der Waals surface area contributed by atoms with Crippen LogP contribution in [0.4, 0.5) is 0 Å². The number of hydrogen-bond donors (Lipinski definition) is 0. The van der Waals surface area contributed by atoms with Gasteiger partial charge in [0, 0.05) is 18.1 Å². The van der Waals surface area contributed by atoms with Gasteiger partial charge in [-0.1, -0.05) is 11.2 Å². The second-order valence-corrected chi connectivity index (χ2v) is 6.44. The maximum atomic E-state index is 6.00. The zero-order valence-electron chi connectivity index (χ0n) is 15.4. The second-order valence-electron chi connectivity index (χ2n) is 6.44. The first-order chi connectivity index (χ1) is 12.8. The highest BCUT2D eigenvalue weighted by atomic mass is 16.5. The molecule has 26 heavy (non-hydrogen) atoms. The standard InChI is InChI=1S/C21H26N2O3/c1-3-7-17-15-18(21-22-11-13-25-21)9-10-20(17)24-12-6-4-5-8-19-14-16(2)23-26-19/h3,9-10,14-15H,1,4-8,11-13H2,2H3. The van der Waals surface area contributed by atoms with Crippen molar-refractivity contribution in [3.05, 3.63) is 59.5 Å². The number of ether oxygens (including phenoxy) is 2. The van der Waals surface area contributed by atoms with Gasteiger partial charge < -0.3 is 14.0 Å². The van der Waals surface area contributed by atoms with Gasteiger partial charge in [0.15, 0.2) is 0 Å². The molecule has 1 aliphatic rings. The molecule has 1 aromatic carbocycles. The fraction of sp³-hybridized carbons (Fsp3) is 0.429. The third-order valence-electron chi connectivity index (χ3n) is 4.26. The molecular formula is C21H26N2O3. The Hall–Kier alpha value is -2.56. The summed E-state index contributed by atoms with van der Waals surface area (Å²) in [5, 5.41) is 3.91. The summed E-state index contributed by atoms with van der Waals surface area (Å²) in [6, 6.07) is 8.11. The van der Waals surface area contributed by atoms with Crippen molar-refractivity contribution in [2.45, 2.75) is 39.0 Å². The van der Waals surface area contributed by atoms with E-state index < -0.39 is 0 Å². The summed E-state index contributed by atoms with van der Waals surface area (Å²) in [6.45, 7) is 7.89. The second kappa shape index (κ2) is 9.22. The van der Waals surface area contributed by atoms with Gasteiger partial charge in [-0.15, -0.1) is 6.58 Å². The Bertz CT molecular complexity index is 764. The molecule has 1 aliphatic heterocycles. The quantitative estimate of drug-likeness (QED) is 0.472. The third-order valence-corrected chi connectivity index (χ3v) is 4.26. The van der Waals surface area contributed by atoms with E-state index >= 15 is 0 Å². The van der Waals surface area contributed by atoms with Crippen molar-refractivity contribution in [3.63, 3.8) is 0 Å². The number of benzene rings is 1. The minimum absolute atomic E-state index is 0.665. The van der Waals surface area contributed by atoms with Gasteiger partial charge >= 0.3 is 0 Å². The SMILES string of the molecule is C=CCc1cc(C2=NCCO2)ccc1OCCCCCc1cc(C)no1. The molecule has 0 unspecified atom stereocenters. The first-order valence-corrected chi connectivity index (χ1v) is 9.22. The number of aryl methyl sites for hydroxylation is 2. The summed E-state index contributed by atoms with van der Waals surface area (Å²) in [5.41, 5.74) is 3.07. The van der Waals surface area contributed by atoms with E-state index in [0.717, 1.165) is 72.9 Å². The number of aromatic nitrogens is 1. The molecular weight excluding hydrogens is 328 g/mol. The smallest absolute Gasteiger partial charge is 0.216 e. The Morgan fingerprint density at radius 3 is 2.88 bits per heavy atom. The summed E-state index contributed by atoms with van der Waals surface area (Å²) < 4.78 is 16.8. The topological polar surface area (TPSA) is 56.9 Å². The van der Waals surface area contributed by atoms with Crippen LogP contribution in [0.15, 0.2) is 46.4 Å². The summed E-state index contributed by atoms with van der Waals surface area (Å²) in [4.78, 5) is 4.37. The van der Waals surface area contributed by atoms with E-state index in [1.807, 2.05) is 31.2 Å². The number of aliphatic imine (C=N–C) groups is 1. The molecule has 0 N–H and O–H groups in total. The average molecular weight is 354 g/mol. The van der Waals surface area contributed by atoms with Crippen LogP contribution in [0.25, 0.3) is 0 Å². The van der Waals surface area contributed by atoms with Gasteiger partial charge in [0.2, 0.25) is 5.90 Å². The van der Waals surface area contributed by atoms with Crippen LogP contribution in [0.3, 0.4) is 0 Å². The van der Waals surface area contributed by atoms with Crippen molar-refractivity contribution in [3.8, 4) is 5.75 Å². The van der Waals surface area contributed by atoms with Crippen molar-refractivity contribution in [1.29, 1.82) is 0 Å². The zero-order valence-corrected chi connectivity index (χ0v) is 15.4. The number of allylic oxidation sites excluding steroid dienone is 1. The van der Waals surface area contributed by atoms with Crippen molar-refractivity contribution in [2.24, 2.45) is 4.99 Å². The molecule has 0 radical (unpaired) electrons. The van der Waals surface area contributed by atoms with Crippen molar-refractivity contribution >= 4 is 5.90 Å². The lowest BCUT2D eigenvalue weighted by atomic mass is 10.1. The summed E-state index contributed by atoms with van der Waals surface area (Å²) in [5.74, 6) is 2.60. The highest BCUT2D eigenvalue weighted by molar-refractivity contribution is 5.95. The van der Waals surface area contributed by atoms with Crippen molar-refractivity contribution in [1.82, 2.24) is 5.16 Å². The average Bonchev–Trinajstić information content (AvgIpc) is 3.31. The van der Waals surface area contributed by atoms with E-state index in [9.17, 15) is 0 Å². The summed E-state index contributed by atoms with van der Waals surface area (Å²) in [6.07, 6.45) is 6.77. The van der Waals surface area contributed by atoms with E-state index in [-0.39, 0.29) is 0 Å². The molecule has 5 nitrogen and oxygen atoms in total. The minimum atomic E-state index is 0.665. The van der Waals surface area contributed by atoms with Crippen LogP contribution in [0, 0.1) is 6.92 Å².